The Labute approximate surface area is 236 Å². The standard InChI is InChI=1S/C26H19F8N7O2/c1-11-5-15(27)13(19-7-14(25(29,30)31)21-22(35)36-10-37-41(19)21)6-12(11)23(42)39-18-9-40(8-16(18)28)24(43)17-3-2-4-20(38-17)26(32,33)34/h2-7,10,16,18H,8-9H2,1H3,(H,39,42)(H2,35,36,37)/t16-,18+/m0/s1. The van der Waals surface area contributed by atoms with E-state index in [1.54, 1.807) is 0 Å². The van der Waals surface area contributed by atoms with E-state index in [0.717, 1.165) is 40.0 Å². The predicted octanol–water partition coefficient (Wildman–Crippen LogP) is 4.45. The third-order valence-electron chi connectivity index (χ3n) is 6.83. The fourth-order valence-corrected chi connectivity index (χ4v) is 4.78. The zero-order chi connectivity index (χ0) is 31.4. The maximum absolute atomic E-state index is 15.1. The Kier molecular flexibility index (Phi) is 7.22. The van der Waals surface area contributed by atoms with Crippen molar-refractivity contribution in [3.05, 3.63) is 76.6 Å². The molecule has 2 atom stereocenters. The van der Waals surface area contributed by atoms with Gasteiger partial charge in [0, 0.05) is 17.7 Å². The number of hydrogen-bond acceptors (Lipinski definition) is 6. The Hall–Kier alpha value is -4.83. The summed E-state index contributed by atoms with van der Waals surface area (Å²) in [7, 11) is 0. The number of nitrogens with zero attached hydrogens (tertiary/aromatic N) is 5. The SMILES string of the molecule is Cc1cc(F)c(-c2cc(C(F)(F)F)c3c(N)ncnn23)cc1C(=O)N[C@@H]1CN(C(=O)c2cccc(C(F)(F)F)n2)C[C@@H]1F. The largest absolute Gasteiger partial charge is 0.433 e. The van der Waals surface area contributed by atoms with Crippen LogP contribution in [0.1, 0.15) is 37.7 Å². The van der Waals surface area contributed by atoms with E-state index in [-0.39, 0.29) is 11.1 Å². The summed E-state index contributed by atoms with van der Waals surface area (Å²) in [6.45, 7) is 0.355. The topological polar surface area (TPSA) is 119 Å². The van der Waals surface area contributed by atoms with Crippen LogP contribution in [0.2, 0.25) is 0 Å². The highest BCUT2D eigenvalue weighted by Crippen LogP contribution is 2.39. The number of amides is 2. The number of fused-ring (bicyclic) bond motifs is 1. The predicted molar refractivity (Wildman–Crippen MR) is 134 cm³/mol. The minimum absolute atomic E-state index is 0.0549. The minimum atomic E-state index is -4.91. The fourth-order valence-electron chi connectivity index (χ4n) is 4.78. The number of pyridine rings is 1. The van der Waals surface area contributed by atoms with E-state index in [4.69, 9.17) is 5.73 Å². The molecular formula is C26H19F8N7O2. The first-order valence-electron chi connectivity index (χ1n) is 12.3. The van der Waals surface area contributed by atoms with Crippen LogP contribution in [0.25, 0.3) is 16.8 Å². The molecular weight excluding hydrogens is 594 g/mol. The van der Waals surface area contributed by atoms with Gasteiger partial charge in [0.25, 0.3) is 11.8 Å². The Morgan fingerprint density at radius 1 is 1.05 bits per heavy atom. The van der Waals surface area contributed by atoms with Crippen molar-refractivity contribution in [2.75, 3.05) is 18.8 Å². The second kappa shape index (κ2) is 10.5. The van der Waals surface area contributed by atoms with Gasteiger partial charge >= 0.3 is 12.4 Å². The van der Waals surface area contributed by atoms with Gasteiger partial charge in [-0.25, -0.2) is 23.3 Å². The first kappa shape index (κ1) is 29.7. The summed E-state index contributed by atoms with van der Waals surface area (Å²) in [4.78, 5) is 33.7. The van der Waals surface area contributed by atoms with Crippen molar-refractivity contribution in [2.45, 2.75) is 31.5 Å². The van der Waals surface area contributed by atoms with Crippen molar-refractivity contribution >= 4 is 23.1 Å². The number of benzene rings is 1. The van der Waals surface area contributed by atoms with Gasteiger partial charge in [-0.3, -0.25) is 9.59 Å². The molecule has 0 unspecified atom stereocenters. The Bertz CT molecular complexity index is 1750. The quantitative estimate of drug-likeness (QED) is 0.329. The van der Waals surface area contributed by atoms with Crippen molar-refractivity contribution in [2.24, 2.45) is 0 Å². The Morgan fingerprint density at radius 3 is 2.44 bits per heavy atom. The van der Waals surface area contributed by atoms with Gasteiger partial charge in [0.1, 0.15) is 35.2 Å². The molecule has 1 saturated heterocycles. The maximum atomic E-state index is 15.1. The van der Waals surface area contributed by atoms with E-state index < -0.39 is 94.8 Å². The Morgan fingerprint density at radius 2 is 1.77 bits per heavy atom. The zero-order valence-electron chi connectivity index (χ0n) is 21.8. The van der Waals surface area contributed by atoms with Crippen molar-refractivity contribution < 1.29 is 44.7 Å². The highest BCUT2D eigenvalue weighted by atomic mass is 19.4. The molecule has 3 N–H and O–H groups in total. The van der Waals surface area contributed by atoms with E-state index in [1.165, 1.54) is 6.92 Å². The average molecular weight is 613 g/mol. The summed E-state index contributed by atoms with van der Waals surface area (Å²) >= 11 is 0. The van der Waals surface area contributed by atoms with Gasteiger partial charge in [0.15, 0.2) is 5.82 Å². The maximum Gasteiger partial charge on any atom is 0.433 e. The number of carbonyl (C=O) groups is 2. The molecule has 5 rings (SSSR count). The van der Waals surface area contributed by atoms with E-state index in [9.17, 15) is 40.3 Å². The van der Waals surface area contributed by atoms with Crippen LogP contribution < -0.4 is 11.1 Å². The molecule has 1 aliphatic rings. The first-order chi connectivity index (χ1) is 20.1. The summed E-state index contributed by atoms with van der Waals surface area (Å²) in [5.74, 6) is -3.45. The summed E-state index contributed by atoms with van der Waals surface area (Å²) < 4.78 is 111. The number of anilines is 1. The molecule has 1 fully saturated rings. The third-order valence-corrected chi connectivity index (χ3v) is 6.83. The summed E-state index contributed by atoms with van der Waals surface area (Å²) in [5, 5.41) is 6.12. The fraction of sp³-hybridized carbons (Fsp3) is 0.269. The summed E-state index contributed by atoms with van der Waals surface area (Å²) in [5.41, 5.74) is 0.884. The average Bonchev–Trinajstić information content (AvgIpc) is 3.49. The molecule has 4 aromatic rings. The van der Waals surface area contributed by atoms with E-state index in [1.807, 2.05) is 0 Å². The van der Waals surface area contributed by atoms with Crippen LogP contribution >= 0.6 is 0 Å². The summed E-state index contributed by atoms with van der Waals surface area (Å²) in [6.07, 6.45) is -10.7. The van der Waals surface area contributed by atoms with Gasteiger partial charge in [-0.2, -0.15) is 31.4 Å². The van der Waals surface area contributed by atoms with Gasteiger partial charge in [0.05, 0.1) is 23.8 Å². The van der Waals surface area contributed by atoms with Crippen molar-refractivity contribution in [1.29, 1.82) is 0 Å². The van der Waals surface area contributed by atoms with E-state index in [0.29, 0.717) is 12.1 Å². The molecule has 0 bridgehead atoms. The molecule has 0 spiro atoms. The number of alkyl halides is 7. The lowest BCUT2D eigenvalue weighted by molar-refractivity contribution is -0.141. The first-order valence-corrected chi connectivity index (χ1v) is 12.3. The van der Waals surface area contributed by atoms with Crippen LogP contribution in [-0.4, -0.2) is 61.6 Å². The number of aromatic nitrogens is 4. The monoisotopic (exact) mass is 613 g/mol. The van der Waals surface area contributed by atoms with Crippen LogP contribution in [0.15, 0.2) is 42.7 Å². The molecule has 0 saturated carbocycles. The third kappa shape index (κ3) is 5.53. The molecule has 43 heavy (non-hydrogen) atoms. The Balaban J connectivity index is 1.42. The molecule has 1 aliphatic heterocycles. The highest BCUT2D eigenvalue weighted by molar-refractivity contribution is 5.98. The van der Waals surface area contributed by atoms with Gasteiger partial charge in [-0.15, -0.1) is 0 Å². The van der Waals surface area contributed by atoms with Crippen molar-refractivity contribution in [3.8, 4) is 11.3 Å². The minimum Gasteiger partial charge on any atom is -0.382 e. The second-order valence-corrected chi connectivity index (χ2v) is 9.71. The van der Waals surface area contributed by atoms with Crippen LogP contribution in [-0.2, 0) is 12.4 Å². The highest BCUT2D eigenvalue weighted by Gasteiger charge is 2.40. The molecule has 17 heteroatoms. The number of aryl methyl sites for hydroxylation is 1. The molecule has 2 amide bonds. The van der Waals surface area contributed by atoms with Gasteiger partial charge in [0.2, 0.25) is 0 Å². The lowest BCUT2D eigenvalue weighted by Crippen LogP contribution is -2.42. The number of likely N-dealkylation sites (tertiary alicyclic amines) is 1. The molecule has 4 heterocycles. The van der Waals surface area contributed by atoms with Gasteiger partial charge in [-0.1, -0.05) is 6.07 Å². The number of nitrogen functional groups attached to an aromatic ring is 1. The molecule has 0 aliphatic carbocycles. The van der Waals surface area contributed by atoms with Gasteiger partial charge in [-0.05, 0) is 42.8 Å². The lowest BCUT2D eigenvalue weighted by atomic mass is 10.0. The van der Waals surface area contributed by atoms with Crippen molar-refractivity contribution in [1.82, 2.24) is 29.8 Å². The molecule has 3 aromatic heterocycles. The lowest BCUT2D eigenvalue weighted by Gasteiger charge is -2.18. The smallest absolute Gasteiger partial charge is 0.382 e. The molecule has 1 aromatic carbocycles. The second-order valence-electron chi connectivity index (χ2n) is 9.71. The number of nitrogens with two attached hydrogens (primary N) is 1. The van der Waals surface area contributed by atoms with Crippen LogP contribution in [0, 0.1) is 12.7 Å². The number of nitrogens with one attached hydrogen (secondary N) is 1. The molecule has 9 nitrogen and oxygen atoms in total. The van der Waals surface area contributed by atoms with Gasteiger partial charge < -0.3 is 16.0 Å². The van der Waals surface area contributed by atoms with E-state index >= 15 is 4.39 Å². The number of carbonyl (C=O) groups excluding carboxylic acids is 2. The zero-order valence-corrected chi connectivity index (χ0v) is 21.8. The van der Waals surface area contributed by atoms with Crippen LogP contribution in [0.4, 0.5) is 40.9 Å². The van der Waals surface area contributed by atoms with Crippen LogP contribution in [0.3, 0.4) is 0 Å². The molecule has 0 radical (unpaired) electrons. The number of halogens is 8. The van der Waals surface area contributed by atoms with Crippen molar-refractivity contribution in [3.63, 3.8) is 0 Å². The number of rotatable bonds is 4. The number of hydrogen-bond donors (Lipinski definition) is 2. The normalized spacial score (nSPS) is 17.5. The van der Waals surface area contributed by atoms with Crippen LogP contribution in [0.5, 0.6) is 0 Å². The van der Waals surface area contributed by atoms with E-state index in [2.05, 4.69) is 20.4 Å². The summed E-state index contributed by atoms with van der Waals surface area (Å²) in [6, 6.07) is 3.85. The molecule has 226 valence electrons.